The smallest absolute Gasteiger partial charge is 0.231 e. The molecule has 1 aromatic carbocycles. The Morgan fingerprint density at radius 2 is 2.15 bits per heavy atom. The summed E-state index contributed by atoms with van der Waals surface area (Å²) in [5, 5.41) is 3.77. The van der Waals surface area contributed by atoms with Crippen LogP contribution < -0.4 is 15.1 Å². The summed E-state index contributed by atoms with van der Waals surface area (Å²) in [4.78, 5) is 24.9. The molecule has 136 valence electrons. The first-order valence-corrected chi connectivity index (χ1v) is 9.36. The van der Waals surface area contributed by atoms with E-state index < -0.39 is 0 Å². The van der Waals surface area contributed by atoms with Crippen LogP contribution in [0.25, 0.3) is 0 Å². The fourth-order valence-electron chi connectivity index (χ4n) is 3.66. The second-order valence-corrected chi connectivity index (χ2v) is 7.41. The standard InChI is InChI=1S/C19H22ClN5O/c1-12-5-3-4-8-25(12)19-21-11-15(20)18(23-19)22-14-6-7-16-13(9-14)10-17(26)24(16)2/h6-7,9,11-12H,3-5,8,10H2,1-2H3,(H,21,22,23)/t12-/m0/s1. The first-order chi connectivity index (χ1) is 12.5. The van der Waals surface area contributed by atoms with E-state index in [0.29, 0.717) is 29.3 Å². The zero-order chi connectivity index (χ0) is 18.3. The lowest BCUT2D eigenvalue weighted by molar-refractivity contribution is -0.117. The van der Waals surface area contributed by atoms with Gasteiger partial charge in [0, 0.05) is 31.0 Å². The molecule has 0 unspecified atom stereocenters. The third kappa shape index (κ3) is 3.09. The lowest BCUT2D eigenvalue weighted by atomic mass is 10.0. The van der Waals surface area contributed by atoms with E-state index in [-0.39, 0.29) is 5.91 Å². The highest BCUT2D eigenvalue weighted by Gasteiger charge is 2.24. The van der Waals surface area contributed by atoms with Gasteiger partial charge in [-0.2, -0.15) is 4.98 Å². The van der Waals surface area contributed by atoms with Crippen LogP contribution in [-0.2, 0) is 11.2 Å². The number of anilines is 4. The summed E-state index contributed by atoms with van der Waals surface area (Å²) in [5.41, 5.74) is 2.83. The number of rotatable bonds is 3. The minimum atomic E-state index is 0.110. The average molecular weight is 372 g/mol. The molecule has 1 aromatic heterocycles. The number of carbonyl (C=O) groups excluding carboxylic acids is 1. The molecule has 1 atom stereocenters. The van der Waals surface area contributed by atoms with Crippen LogP contribution in [0.1, 0.15) is 31.7 Å². The number of hydrogen-bond donors (Lipinski definition) is 1. The largest absolute Gasteiger partial charge is 0.339 e. The minimum Gasteiger partial charge on any atom is -0.339 e. The monoisotopic (exact) mass is 371 g/mol. The molecule has 1 N–H and O–H groups in total. The molecule has 0 aliphatic carbocycles. The molecule has 3 heterocycles. The Bertz CT molecular complexity index is 856. The van der Waals surface area contributed by atoms with Crippen molar-refractivity contribution in [1.29, 1.82) is 0 Å². The van der Waals surface area contributed by atoms with Gasteiger partial charge in [-0.1, -0.05) is 11.6 Å². The third-order valence-corrected chi connectivity index (χ3v) is 5.49. The number of likely N-dealkylation sites (N-methyl/N-ethyl adjacent to an activating group) is 1. The Kier molecular flexibility index (Phi) is 4.44. The van der Waals surface area contributed by atoms with Gasteiger partial charge in [0.05, 0.1) is 12.6 Å². The molecule has 0 radical (unpaired) electrons. The number of benzene rings is 1. The lowest BCUT2D eigenvalue weighted by Gasteiger charge is -2.33. The first-order valence-electron chi connectivity index (χ1n) is 8.98. The number of fused-ring (bicyclic) bond motifs is 1. The van der Waals surface area contributed by atoms with Gasteiger partial charge >= 0.3 is 0 Å². The van der Waals surface area contributed by atoms with Crippen molar-refractivity contribution in [3.8, 4) is 0 Å². The summed E-state index contributed by atoms with van der Waals surface area (Å²) in [7, 11) is 1.80. The Balaban J connectivity index is 1.60. The number of carbonyl (C=O) groups is 1. The van der Waals surface area contributed by atoms with Gasteiger partial charge in [-0.25, -0.2) is 4.98 Å². The summed E-state index contributed by atoms with van der Waals surface area (Å²) in [6.45, 7) is 3.17. The summed E-state index contributed by atoms with van der Waals surface area (Å²) in [5.74, 6) is 1.41. The Morgan fingerprint density at radius 1 is 1.31 bits per heavy atom. The summed E-state index contributed by atoms with van der Waals surface area (Å²) >= 11 is 6.32. The average Bonchev–Trinajstić information content (AvgIpc) is 2.91. The van der Waals surface area contributed by atoms with Crippen molar-refractivity contribution in [2.45, 2.75) is 38.6 Å². The maximum Gasteiger partial charge on any atom is 0.231 e. The van der Waals surface area contributed by atoms with Gasteiger partial charge in [0.15, 0.2) is 5.82 Å². The molecule has 0 spiro atoms. The number of piperidine rings is 1. The molecule has 2 aliphatic rings. The molecule has 26 heavy (non-hydrogen) atoms. The van der Waals surface area contributed by atoms with Gasteiger partial charge < -0.3 is 15.1 Å². The van der Waals surface area contributed by atoms with Crippen LogP contribution in [0.5, 0.6) is 0 Å². The molecule has 1 amide bonds. The van der Waals surface area contributed by atoms with Crippen molar-refractivity contribution < 1.29 is 4.79 Å². The predicted octanol–water partition coefficient (Wildman–Crippen LogP) is 3.77. The summed E-state index contributed by atoms with van der Waals surface area (Å²) in [6.07, 6.45) is 5.64. The van der Waals surface area contributed by atoms with Crippen LogP contribution in [0.4, 0.5) is 23.1 Å². The number of halogens is 1. The van der Waals surface area contributed by atoms with Gasteiger partial charge in [-0.3, -0.25) is 4.79 Å². The molecule has 7 heteroatoms. The summed E-state index contributed by atoms with van der Waals surface area (Å²) in [6, 6.07) is 6.30. The zero-order valence-corrected chi connectivity index (χ0v) is 15.8. The quantitative estimate of drug-likeness (QED) is 0.889. The van der Waals surface area contributed by atoms with E-state index in [1.807, 2.05) is 18.2 Å². The minimum absolute atomic E-state index is 0.110. The molecule has 1 saturated heterocycles. The molecular weight excluding hydrogens is 350 g/mol. The number of nitrogens with one attached hydrogen (secondary N) is 1. The van der Waals surface area contributed by atoms with E-state index in [0.717, 1.165) is 36.3 Å². The molecule has 0 bridgehead atoms. The van der Waals surface area contributed by atoms with Crippen LogP contribution in [0.3, 0.4) is 0 Å². The Morgan fingerprint density at radius 3 is 2.96 bits per heavy atom. The molecule has 1 fully saturated rings. The molecule has 6 nitrogen and oxygen atoms in total. The van der Waals surface area contributed by atoms with Crippen molar-refractivity contribution in [3.05, 3.63) is 35.0 Å². The number of aromatic nitrogens is 2. The van der Waals surface area contributed by atoms with Gasteiger partial charge in [0.2, 0.25) is 11.9 Å². The number of amides is 1. The van der Waals surface area contributed by atoms with Gasteiger partial charge in [-0.05, 0) is 49.9 Å². The zero-order valence-electron chi connectivity index (χ0n) is 15.0. The second-order valence-electron chi connectivity index (χ2n) is 7.00. The van der Waals surface area contributed by atoms with Crippen molar-refractivity contribution in [2.24, 2.45) is 0 Å². The van der Waals surface area contributed by atoms with E-state index >= 15 is 0 Å². The first kappa shape index (κ1) is 17.1. The maximum absolute atomic E-state index is 11.9. The normalized spacial score (nSPS) is 19.7. The van der Waals surface area contributed by atoms with Crippen molar-refractivity contribution in [2.75, 3.05) is 28.7 Å². The SMILES string of the molecule is C[C@H]1CCCCN1c1ncc(Cl)c(Nc2ccc3c(c2)CC(=O)N3C)n1. The second kappa shape index (κ2) is 6.76. The van der Waals surface area contributed by atoms with E-state index in [1.54, 1.807) is 18.1 Å². The van der Waals surface area contributed by atoms with E-state index in [4.69, 9.17) is 11.6 Å². The van der Waals surface area contributed by atoms with Crippen LogP contribution in [0.2, 0.25) is 5.02 Å². The third-order valence-electron chi connectivity index (χ3n) is 5.21. The van der Waals surface area contributed by atoms with Crippen molar-refractivity contribution >= 4 is 40.6 Å². The fourth-order valence-corrected chi connectivity index (χ4v) is 3.80. The van der Waals surface area contributed by atoms with Gasteiger partial charge in [0.25, 0.3) is 0 Å². The van der Waals surface area contributed by atoms with E-state index in [9.17, 15) is 4.79 Å². The highest BCUT2D eigenvalue weighted by Crippen LogP contribution is 2.32. The molecule has 2 aromatic rings. The van der Waals surface area contributed by atoms with Crippen molar-refractivity contribution in [3.63, 3.8) is 0 Å². The van der Waals surface area contributed by atoms with Crippen LogP contribution >= 0.6 is 11.6 Å². The van der Waals surface area contributed by atoms with Crippen LogP contribution in [0.15, 0.2) is 24.4 Å². The molecule has 2 aliphatic heterocycles. The highest BCUT2D eigenvalue weighted by atomic mass is 35.5. The fraction of sp³-hybridized carbons (Fsp3) is 0.421. The predicted molar refractivity (Wildman–Crippen MR) is 105 cm³/mol. The highest BCUT2D eigenvalue weighted by molar-refractivity contribution is 6.32. The van der Waals surface area contributed by atoms with Gasteiger partial charge in [0.1, 0.15) is 5.02 Å². The Labute approximate surface area is 158 Å². The van der Waals surface area contributed by atoms with Crippen molar-refractivity contribution in [1.82, 2.24) is 9.97 Å². The van der Waals surface area contributed by atoms with Crippen LogP contribution in [-0.4, -0.2) is 35.5 Å². The topological polar surface area (TPSA) is 61.4 Å². The molecular formula is C19H22ClN5O. The number of hydrogen-bond acceptors (Lipinski definition) is 5. The maximum atomic E-state index is 11.9. The van der Waals surface area contributed by atoms with E-state index in [2.05, 4.69) is 27.1 Å². The lowest BCUT2D eigenvalue weighted by Crippen LogP contribution is -2.38. The van der Waals surface area contributed by atoms with Gasteiger partial charge in [-0.15, -0.1) is 0 Å². The number of nitrogens with zero attached hydrogens (tertiary/aromatic N) is 4. The molecule has 4 rings (SSSR count). The van der Waals surface area contributed by atoms with Crippen LogP contribution in [0, 0.1) is 0 Å². The van der Waals surface area contributed by atoms with E-state index in [1.165, 1.54) is 6.42 Å². The Hall–Kier alpha value is -2.34. The summed E-state index contributed by atoms with van der Waals surface area (Å²) < 4.78 is 0. The molecule has 0 saturated carbocycles.